The molecule has 0 atom stereocenters. The summed E-state index contributed by atoms with van der Waals surface area (Å²) in [5, 5.41) is 7.47. The molecule has 0 saturated heterocycles. The van der Waals surface area contributed by atoms with E-state index in [4.69, 9.17) is 0 Å². The average molecular weight is 687 g/mol. The molecule has 0 aliphatic rings. The van der Waals surface area contributed by atoms with Crippen LogP contribution in [0.1, 0.15) is 0 Å². The van der Waals surface area contributed by atoms with Gasteiger partial charge in [-0.05, 0) is 99.4 Å². The molecular weight excluding hydrogens is 653 g/mol. The minimum atomic E-state index is 1.16. The van der Waals surface area contributed by atoms with Crippen LogP contribution in [0.25, 0.3) is 99.1 Å². The van der Waals surface area contributed by atoms with Crippen molar-refractivity contribution in [3.8, 4) is 44.8 Å². The molecule has 11 aromatic rings. The first kappa shape index (κ1) is 30.5. The maximum absolute atomic E-state index is 2.46. The van der Waals surface area contributed by atoms with Crippen LogP contribution in [0.15, 0.2) is 206 Å². The fraction of sp³-hybridized carbons (Fsp3) is 0. The van der Waals surface area contributed by atoms with E-state index in [1.165, 1.54) is 93.5 Å². The summed E-state index contributed by atoms with van der Waals surface area (Å²) in [5.41, 5.74) is 14.5. The molecule has 9 aromatic carbocycles. The fourth-order valence-electron chi connectivity index (χ4n) is 8.55. The zero-order valence-corrected chi connectivity index (χ0v) is 29.5. The summed E-state index contributed by atoms with van der Waals surface area (Å²) >= 11 is 0. The Morgan fingerprint density at radius 2 is 0.685 bits per heavy atom. The molecule has 0 fully saturated rings. The molecule has 2 aromatic heterocycles. The van der Waals surface area contributed by atoms with Crippen LogP contribution < -0.4 is 0 Å². The summed E-state index contributed by atoms with van der Waals surface area (Å²) in [6, 6.07) is 75.2. The monoisotopic (exact) mass is 686 g/mol. The van der Waals surface area contributed by atoms with Crippen molar-refractivity contribution in [1.82, 2.24) is 9.13 Å². The van der Waals surface area contributed by atoms with E-state index in [0.29, 0.717) is 0 Å². The number of fused-ring (bicyclic) bond motifs is 7. The summed E-state index contributed by atoms with van der Waals surface area (Å²) in [6.45, 7) is 0. The van der Waals surface area contributed by atoms with Crippen molar-refractivity contribution in [2.75, 3.05) is 0 Å². The molecule has 0 bridgehead atoms. The molecule has 0 spiro atoms. The number of benzene rings is 9. The highest BCUT2D eigenvalue weighted by Gasteiger charge is 2.18. The van der Waals surface area contributed by atoms with Crippen LogP contribution in [0, 0.1) is 0 Å². The second-order valence-corrected chi connectivity index (χ2v) is 14.2. The fourth-order valence-corrected chi connectivity index (χ4v) is 8.55. The lowest BCUT2D eigenvalue weighted by Gasteiger charge is -2.15. The predicted octanol–water partition coefficient (Wildman–Crippen LogP) is 14.0. The molecule has 2 heteroatoms. The van der Waals surface area contributed by atoms with Crippen LogP contribution >= 0.6 is 0 Å². The number of hydrogen-bond donors (Lipinski definition) is 0. The van der Waals surface area contributed by atoms with Crippen molar-refractivity contribution in [3.63, 3.8) is 0 Å². The zero-order valence-electron chi connectivity index (χ0n) is 29.5. The molecule has 54 heavy (non-hydrogen) atoms. The Bertz CT molecular complexity index is 3180. The minimum absolute atomic E-state index is 1.16. The lowest BCUT2D eigenvalue weighted by molar-refractivity contribution is 1.18. The van der Waals surface area contributed by atoms with Crippen LogP contribution in [0.3, 0.4) is 0 Å². The lowest BCUT2D eigenvalue weighted by Crippen LogP contribution is -1.96. The van der Waals surface area contributed by atoms with Gasteiger partial charge in [-0.25, -0.2) is 0 Å². The van der Waals surface area contributed by atoms with Crippen LogP contribution in [0.5, 0.6) is 0 Å². The number of para-hydroxylation sites is 2. The first-order valence-corrected chi connectivity index (χ1v) is 18.6. The Morgan fingerprint density at radius 3 is 1.31 bits per heavy atom. The van der Waals surface area contributed by atoms with E-state index in [-0.39, 0.29) is 0 Å². The van der Waals surface area contributed by atoms with Crippen molar-refractivity contribution in [2.45, 2.75) is 0 Å². The summed E-state index contributed by atoms with van der Waals surface area (Å²) in [4.78, 5) is 0. The summed E-state index contributed by atoms with van der Waals surface area (Å²) in [7, 11) is 0. The molecule has 0 N–H and O–H groups in total. The van der Waals surface area contributed by atoms with E-state index in [1.54, 1.807) is 0 Å². The van der Waals surface area contributed by atoms with Gasteiger partial charge in [-0.1, -0.05) is 146 Å². The molecule has 0 saturated carbocycles. The Morgan fingerprint density at radius 1 is 0.241 bits per heavy atom. The van der Waals surface area contributed by atoms with Crippen molar-refractivity contribution in [1.29, 1.82) is 0 Å². The largest absolute Gasteiger partial charge is 0.309 e. The number of rotatable bonds is 5. The summed E-state index contributed by atoms with van der Waals surface area (Å²) in [5.74, 6) is 0. The third-order valence-corrected chi connectivity index (χ3v) is 11.1. The van der Waals surface area contributed by atoms with E-state index in [1.807, 2.05) is 0 Å². The Kier molecular flexibility index (Phi) is 6.90. The van der Waals surface area contributed by atoms with Crippen molar-refractivity contribution in [3.05, 3.63) is 206 Å². The molecule has 0 unspecified atom stereocenters. The highest BCUT2D eigenvalue weighted by Crippen LogP contribution is 2.40. The second-order valence-electron chi connectivity index (χ2n) is 14.2. The zero-order chi connectivity index (χ0) is 35.6. The quantitative estimate of drug-likeness (QED) is 0.171. The molecule has 2 heterocycles. The third-order valence-electron chi connectivity index (χ3n) is 11.1. The SMILES string of the molecule is c1ccc(-c2ccc(-n3c4ccccc4c4cc(-c5ccc6c(c5)c5ccccc5n6-c5cc(-c6ccccc6)cc6ccccc56)ccc43)cc2)cc1. The first-order valence-electron chi connectivity index (χ1n) is 18.6. The van der Waals surface area contributed by atoms with E-state index in [9.17, 15) is 0 Å². The van der Waals surface area contributed by atoms with Gasteiger partial charge < -0.3 is 9.13 Å². The van der Waals surface area contributed by atoms with Gasteiger partial charge in [0.05, 0.1) is 27.8 Å². The molecule has 0 aliphatic heterocycles. The Balaban J connectivity index is 1.07. The van der Waals surface area contributed by atoms with E-state index < -0.39 is 0 Å². The predicted molar refractivity (Wildman–Crippen MR) is 229 cm³/mol. The molecule has 11 rings (SSSR count). The summed E-state index contributed by atoms with van der Waals surface area (Å²) in [6.07, 6.45) is 0. The number of nitrogens with zero attached hydrogens (tertiary/aromatic N) is 2. The Labute approximate surface area is 313 Å². The Hall–Kier alpha value is -7.16. The van der Waals surface area contributed by atoms with Gasteiger partial charge in [0.1, 0.15) is 0 Å². The van der Waals surface area contributed by atoms with Crippen LogP contribution in [-0.4, -0.2) is 9.13 Å². The number of hydrogen-bond acceptors (Lipinski definition) is 0. The van der Waals surface area contributed by atoms with Gasteiger partial charge in [-0.15, -0.1) is 0 Å². The first-order chi connectivity index (χ1) is 26.8. The lowest BCUT2D eigenvalue weighted by atomic mass is 9.99. The third kappa shape index (κ3) is 4.81. The maximum atomic E-state index is 2.46. The second kappa shape index (κ2) is 12.2. The number of aromatic nitrogens is 2. The highest BCUT2D eigenvalue weighted by atomic mass is 15.0. The molecular formula is C52H34N2. The standard InChI is InChI=1S/C52H34N2/c1-3-13-35(14-4-1)37-23-27-42(28-24-37)53-48-21-11-9-19-44(48)46-32-38(25-29-50(46)53)39-26-30-51-47(33-39)45-20-10-12-22-49(45)54(51)52-34-41(36-15-5-2-6-16-36)31-40-17-7-8-18-43(40)52/h1-34H. The van der Waals surface area contributed by atoms with Gasteiger partial charge in [0.15, 0.2) is 0 Å². The van der Waals surface area contributed by atoms with Crippen LogP contribution in [0.4, 0.5) is 0 Å². The van der Waals surface area contributed by atoms with E-state index in [2.05, 4.69) is 215 Å². The van der Waals surface area contributed by atoms with E-state index in [0.717, 1.165) is 5.69 Å². The average Bonchev–Trinajstić information content (AvgIpc) is 3.76. The molecule has 0 radical (unpaired) electrons. The van der Waals surface area contributed by atoms with Gasteiger partial charge in [0, 0.05) is 32.6 Å². The molecule has 0 aliphatic carbocycles. The molecule has 0 amide bonds. The normalized spacial score (nSPS) is 11.7. The van der Waals surface area contributed by atoms with Crippen LogP contribution in [0.2, 0.25) is 0 Å². The van der Waals surface area contributed by atoms with Gasteiger partial charge in [0.2, 0.25) is 0 Å². The summed E-state index contributed by atoms with van der Waals surface area (Å²) < 4.78 is 4.86. The maximum Gasteiger partial charge on any atom is 0.0546 e. The van der Waals surface area contributed by atoms with Crippen molar-refractivity contribution >= 4 is 54.4 Å². The van der Waals surface area contributed by atoms with Gasteiger partial charge in [-0.3, -0.25) is 0 Å². The topological polar surface area (TPSA) is 9.86 Å². The molecule has 252 valence electrons. The van der Waals surface area contributed by atoms with Crippen LogP contribution in [-0.2, 0) is 0 Å². The van der Waals surface area contributed by atoms with Gasteiger partial charge in [0.25, 0.3) is 0 Å². The van der Waals surface area contributed by atoms with E-state index >= 15 is 0 Å². The van der Waals surface area contributed by atoms with Crippen molar-refractivity contribution in [2.24, 2.45) is 0 Å². The smallest absolute Gasteiger partial charge is 0.0546 e. The molecule has 2 nitrogen and oxygen atoms in total. The van der Waals surface area contributed by atoms with Gasteiger partial charge >= 0.3 is 0 Å². The van der Waals surface area contributed by atoms with Crippen molar-refractivity contribution < 1.29 is 0 Å². The van der Waals surface area contributed by atoms with Gasteiger partial charge in [-0.2, -0.15) is 0 Å². The minimum Gasteiger partial charge on any atom is -0.309 e. The highest BCUT2D eigenvalue weighted by molar-refractivity contribution is 6.13.